The van der Waals surface area contributed by atoms with E-state index in [1.165, 1.54) is 27.7 Å². The second-order valence-corrected chi connectivity index (χ2v) is 12.5. The minimum Gasteiger partial charge on any atom is -0.300 e. The van der Waals surface area contributed by atoms with Crippen molar-refractivity contribution < 1.29 is 38.4 Å². The fourth-order valence-electron chi connectivity index (χ4n) is 6.48. The van der Waals surface area contributed by atoms with Crippen molar-refractivity contribution in [3.8, 4) is 0 Å². The van der Waals surface area contributed by atoms with Gasteiger partial charge in [-0.05, 0) is 86.5 Å². The van der Waals surface area contributed by atoms with Gasteiger partial charge in [-0.25, -0.2) is 0 Å². The van der Waals surface area contributed by atoms with Crippen molar-refractivity contribution in [1.29, 1.82) is 0 Å². The molecule has 0 amide bonds. The Balaban J connectivity index is 0.000000305. The summed E-state index contributed by atoms with van der Waals surface area (Å²) in [5, 5.41) is 0. The van der Waals surface area contributed by atoms with Crippen LogP contribution in [0.1, 0.15) is 121 Å². The van der Waals surface area contributed by atoms with Crippen LogP contribution in [0.2, 0.25) is 0 Å². The number of allylic oxidation sites excluding steroid dienone is 2. The predicted molar refractivity (Wildman–Crippen MR) is 173 cm³/mol. The first-order valence-corrected chi connectivity index (χ1v) is 15.8. The summed E-state index contributed by atoms with van der Waals surface area (Å²) < 4.78 is 0. The Morgan fingerprint density at radius 1 is 0.533 bits per heavy atom. The number of carbonyl (C=O) groups excluding carboxylic acids is 8. The van der Waals surface area contributed by atoms with E-state index in [1.54, 1.807) is 52.0 Å². The van der Waals surface area contributed by atoms with Gasteiger partial charge in [0.25, 0.3) is 0 Å². The Bertz CT molecular complexity index is 1210. The van der Waals surface area contributed by atoms with E-state index < -0.39 is 0 Å². The van der Waals surface area contributed by atoms with Crippen molar-refractivity contribution in [2.24, 2.45) is 35.5 Å². The van der Waals surface area contributed by atoms with Crippen LogP contribution >= 0.6 is 0 Å². The maximum absolute atomic E-state index is 11.4. The number of fused-ring (bicyclic) bond motifs is 2. The molecule has 0 aliphatic heterocycles. The Labute approximate surface area is 267 Å². The van der Waals surface area contributed by atoms with Gasteiger partial charge < -0.3 is 9.59 Å². The number of Topliss-reactive ketones (excluding diaryl/α,β-unsaturated/α-hetero) is 8. The van der Waals surface area contributed by atoms with Crippen LogP contribution in [0.25, 0.3) is 0 Å². The van der Waals surface area contributed by atoms with Gasteiger partial charge in [0.2, 0.25) is 0 Å². The van der Waals surface area contributed by atoms with Crippen molar-refractivity contribution >= 4 is 46.3 Å². The van der Waals surface area contributed by atoms with Gasteiger partial charge in [0, 0.05) is 47.6 Å². The SMILES string of the molecule is CC(=O)C1C2C=CC(C2)C1C(C)=O.CC(=O)C1CCCCC1C(C)=O.CC(=O)CCC(C)=O.CC(=O)c1ccccc1C(C)=O. The molecule has 0 aromatic heterocycles. The van der Waals surface area contributed by atoms with Gasteiger partial charge in [0.15, 0.2) is 11.6 Å². The summed E-state index contributed by atoms with van der Waals surface area (Å²) >= 11 is 0. The zero-order chi connectivity index (χ0) is 34.4. The highest BCUT2D eigenvalue weighted by Gasteiger charge is 2.48. The Hall–Kier alpha value is -3.68. The van der Waals surface area contributed by atoms with Crippen LogP contribution in [0.3, 0.4) is 0 Å². The van der Waals surface area contributed by atoms with Crippen LogP contribution in [0, 0.1) is 35.5 Å². The third kappa shape index (κ3) is 12.7. The topological polar surface area (TPSA) is 137 Å². The predicted octanol–water partition coefficient (Wildman–Crippen LogP) is 6.61. The van der Waals surface area contributed by atoms with Crippen molar-refractivity contribution in [1.82, 2.24) is 0 Å². The van der Waals surface area contributed by atoms with Crippen LogP contribution in [0.15, 0.2) is 36.4 Å². The van der Waals surface area contributed by atoms with Crippen LogP contribution in [0.5, 0.6) is 0 Å². The van der Waals surface area contributed by atoms with Gasteiger partial charge in [-0.15, -0.1) is 0 Å². The molecular formula is C37H50O8. The van der Waals surface area contributed by atoms with E-state index >= 15 is 0 Å². The molecule has 45 heavy (non-hydrogen) atoms. The Kier molecular flexibility index (Phi) is 16.6. The number of hydrogen-bond donors (Lipinski definition) is 0. The molecule has 3 aliphatic carbocycles. The number of carbonyl (C=O) groups is 8. The molecule has 2 saturated carbocycles. The van der Waals surface area contributed by atoms with Gasteiger partial charge in [0.1, 0.15) is 34.7 Å². The largest absolute Gasteiger partial charge is 0.300 e. The second-order valence-electron chi connectivity index (χ2n) is 12.5. The molecule has 6 unspecified atom stereocenters. The molecule has 0 heterocycles. The van der Waals surface area contributed by atoms with Gasteiger partial charge in [0.05, 0.1) is 0 Å². The van der Waals surface area contributed by atoms with Gasteiger partial charge in [-0.1, -0.05) is 49.3 Å². The van der Waals surface area contributed by atoms with Crippen LogP contribution < -0.4 is 0 Å². The zero-order valence-electron chi connectivity index (χ0n) is 28.1. The van der Waals surface area contributed by atoms with Crippen LogP contribution in [-0.2, 0) is 28.8 Å². The molecule has 0 radical (unpaired) electrons. The van der Waals surface area contributed by atoms with E-state index in [4.69, 9.17) is 0 Å². The standard InChI is InChI=1S/C11H14O2.C10H16O2.C10H10O2.C6H10O2/c1-6(12)10-8-3-4-9(5-8)11(10)7(2)13;2*1-7(11)9-5-3-4-6-10(9)8(2)12;1-5(7)3-4-6(2)8/h3-4,8-11H,5H2,1-2H3;9-10H,3-6H2,1-2H3;3-6H,1-2H3;3-4H2,1-2H3. The molecule has 1 aromatic rings. The third-order valence-electron chi connectivity index (χ3n) is 8.72. The van der Waals surface area contributed by atoms with E-state index in [1.807, 2.05) is 0 Å². The summed E-state index contributed by atoms with van der Waals surface area (Å²) in [6.07, 6.45) is 10.1. The molecule has 4 rings (SSSR count). The molecule has 8 nitrogen and oxygen atoms in total. The van der Waals surface area contributed by atoms with Crippen LogP contribution in [-0.4, -0.2) is 46.3 Å². The van der Waals surface area contributed by atoms with Gasteiger partial charge in [-0.2, -0.15) is 0 Å². The average molecular weight is 623 g/mol. The highest BCUT2D eigenvalue weighted by Crippen LogP contribution is 2.48. The molecule has 3 aliphatic rings. The van der Waals surface area contributed by atoms with Crippen molar-refractivity contribution in [3.05, 3.63) is 47.5 Å². The first-order chi connectivity index (χ1) is 21.0. The lowest BCUT2D eigenvalue weighted by atomic mass is 9.75. The summed E-state index contributed by atoms with van der Waals surface area (Å²) in [5.41, 5.74) is 1.01. The molecule has 0 spiro atoms. The average Bonchev–Trinajstić information content (AvgIpc) is 3.59. The molecular weight excluding hydrogens is 572 g/mol. The summed E-state index contributed by atoms with van der Waals surface area (Å²) in [7, 11) is 0. The number of benzene rings is 1. The Morgan fingerprint density at radius 2 is 0.867 bits per heavy atom. The zero-order valence-corrected chi connectivity index (χ0v) is 28.1. The summed E-state index contributed by atoms with van der Waals surface area (Å²) in [4.78, 5) is 87.5. The number of rotatable bonds is 9. The normalized spacial score (nSPS) is 23.9. The molecule has 2 bridgehead atoms. The molecule has 8 heteroatoms. The minimum absolute atomic E-state index is 0.0208. The second kappa shape index (κ2) is 19.0. The van der Waals surface area contributed by atoms with E-state index in [0.717, 1.165) is 32.1 Å². The monoisotopic (exact) mass is 622 g/mol. The molecule has 6 atom stereocenters. The number of hydrogen-bond acceptors (Lipinski definition) is 8. The fourth-order valence-corrected chi connectivity index (χ4v) is 6.48. The molecule has 0 saturated heterocycles. The first kappa shape index (κ1) is 39.3. The van der Waals surface area contributed by atoms with Crippen molar-refractivity contribution in [2.75, 3.05) is 0 Å². The summed E-state index contributed by atoms with van der Waals surface area (Å²) in [6.45, 7) is 12.3. The van der Waals surface area contributed by atoms with E-state index in [2.05, 4.69) is 12.2 Å². The van der Waals surface area contributed by atoms with E-state index in [9.17, 15) is 38.4 Å². The van der Waals surface area contributed by atoms with Gasteiger partial charge in [-0.3, -0.25) is 28.8 Å². The highest BCUT2D eigenvalue weighted by molar-refractivity contribution is 6.07. The third-order valence-corrected chi connectivity index (χ3v) is 8.72. The van der Waals surface area contributed by atoms with E-state index in [-0.39, 0.29) is 69.9 Å². The van der Waals surface area contributed by atoms with Crippen molar-refractivity contribution in [2.45, 2.75) is 100 Å². The lowest BCUT2D eigenvalue weighted by molar-refractivity contribution is -0.131. The number of ketones is 8. The maximum atomic E-state index is 11.4. The molecule has 246 valence electrons. The van der Waals surface area contributed by atoms with Crippen LogP contribution in [0.4, 0.5) is 0 Å². The highest BCUT2D eigenvalue weighted by atomic mass is 16.2. The quantitative estimate of drug-likeness (QED) is 0.222. The Morgan fingerprint density at radius 3 is 1.11 bits per heavy atom. The molecule has 0 N–H and O–H groups in total. The van der Waals surface area contributed by atoms with E-state index in [0.29, 0.717) is 35.8 Å². The van der Waals surface area contributed by atoms with Crippen molar-refractivity contribution in [3.63, 3.8) is 0 Å². The lowest BCUT2D eigenvalue weighted by Gasteiger charge is -2.27. The summed E-state index contributed by atoms with van der Waals surface area (Å²) in [6, 6.07) is 6.84. The fraction of sp³-hybridized carbons (Fsp3) is 0.568. The molecule has 2 fully saturated rings. The lowest BCUT2D eigenvalue weighted by Crippen LogP contribution is -2.30. The summed E-state index contributed by atoms with van der Waals surface area (Å²) in [5.74, 6) is 1.46. The first-order valence-electron chi connectivity index (χ1n) is 15.8. The smallest absolute Gasteiger partial charge is 0.160 e. The van der Waals surface area contributed by atoms with Gasteiger partial charge >= 0.3 is 0 Å². The molecule has 1 aromatic carbocycles. The minimum atomic E-state index is -0.0687. The maximum Gasteiger partial charge on any atom is 0.160 e.